The number of hydrogen-bond acceptors (Lipinski definition) is 4. The largest absolute Gasteiger partial charge is 0.481 e. The second-order valence-corrected chi connectivity index (χ2v) is 4.94. The van der Waals surface area contributed by atoms with Gasteiger partial charge < -0.3 is 15.7 Å². The lowest BCUT2D eigenvalue weighted by Gasteiger charge is -2.13. The third-order valence-corrected chi connectivity index (χ3v) is 3.41. The maximum atomic E-state index is 10.8. The maximum absolute atomic E-state index is 10.8. The fourth-order valence-electron chi connectivity index (χ4n) is 2.04. The van der Waals surface area contributed by atoms with Crippen molar-refractivity contribution in [3.63, 3.8) is 0 Å². The molecule has 0 bridgehead atoms. The van der Waals surface area contributed by atoms with Crippen LogP contribution in [0.4, 0.5) is 0 Å². The zero-order valence-electron chi connectivity index (χ0n) is 11.4. The van der Waals surface area contributed by atoms with Gasteiger partial charge in [-0.15, -0.1) is 0 Å². The van der Waals surface area contributed by atoms with Gasteiger partial charge in [0.1, 0.15) is 12.0 Å². The van der Waals surface area contributed by atoms with E-state index in [1.165, 1.54) is 0 Å². The first-order chi connectivity index (χ1) is 9.58. The molecule has 1 aliphatic heterocycles. The van der Waals surface area contributed by atoms with Gasteiger partial charge in [0.25, 0.3) is 0 Å². The van der Waals surface area contributed by atoms with E-state index in [0.717, 1.165) is 12.0 Å². The highest BCUT2D eigenvalue weighted by molar-refractivity contribution is 5.72. The fourth-order valence-corrected chi connectivity index (χ4v) is 2.04. The molecular weight excluding hydrogens is 258 g/mol. The number of carboxylic acid groups (broad SMARTS) is 1. The Morgan fingerprint density at radius 2 is 2.10 bits per heavy atom. The van der Waals surface area contributed by atoms with Crippen LogP contribution in [0.1, 0.15) is 31.4 Å². The van der Waals surface area contributed by atoms with Crippen LogP contribution in [-0.4, -0.2) is 17.2 Å². The van der Waals surface area contributed by atoms with E-state index in [1.54, 1.807) is 13.0 Å². The summed E-state index contributed by atoms with van der Waals surface area (Å²) >= 11 is 0. The van der Waals surface area contributed by atoms with Crippen LogP contribution in [0, 0.1) is 5.92 Å². The number of nitrogens with two attached hydrogens (primary N) is 1. The van der Waals surface area contributed by atoms with Crippen LogP contribution in [0.15, 0.2) is 42.2 Å². The van der Waals surface area contributed by atoms with E-state index in [2.05, 4.69) is 0 Å². The molecule has 5 nitrogen and oxygen atoms in total. The summed E-state index contributed by atoms with van der Waals surface area (Å²) in [5.41, 5.74) is 7.18. The van der Waals surface area contributed by atoms with Crippen LogP contribution >= 0.6 is 0 Å². The quantitative estimate of drug-likeness (QED) is 0.780. The molecule has 20 heavy (non-hydrogen) atoms. The molecule has 108 valence electrons. The van der Waals surface area contributed by atoms with Crippen molar-refractivity contribution in [2.45, 2.75) is 31.9 Å². The van der Waals surface area contributed by atoms with Crippen molar-refractivity contribution in [1.29, 1.82) is 0 Å². The van der Waals surface area contributed by atoms with Crippen molar-refractivity contribution in [2.75, 3.05) is 0 Å². The Morgan fingerprint density at radius 1 is 1.40 bits per heavy atom. The highest BCUT2D eigenvalue weighted by Gasteiger charge is 2.27. The zero-order chi connectivity index (χ0) is 14.5. The van der Waals surface area contributed by atoms with Crippen molar-refractivity contribution in [3.05, 3.63) is 47.7 Å². The second kappa shape index (κ2) is 6.54. The molecule has 0 radical (unpaired) electrons. The highest BCUT2D eigenvalue weighted by Crippen LogP contribution is 2.26. The van der Waals surface area contributed by atoms with Gasteiger partial charge in [0.05, 0.1) is 0 Å². The number of rotatable bonds is 6. The average molecular weight is 277 g/mol. The van der Waals surface area contributed by atoms with Crippen molar-refractivity contribution in [2.24, 2.45) is 11.7 Å². The van der Waals surface area contributed by atoms with Gasteiger partial charge in [-0.05, 0) is 31.4 Å². The van der Waals surface area contributed by atoms with E-state index in [-0.39, 0.29) is 12.1 Å². The predicted octanol–water partition coefficient (Wildman–Crippen LogP) is 2.40. The average Bonchev–Trinajstić information content (AvgIpc) is 2.93. The van der Waals surface area contributed by atoms with Crippen molar-refractivity contribution >= 4 is 5.97 Å². The second-order valence-electron chi connectivity index (χ2n) is 4.94. The molecule has 5 heteroatoms. The SMILES string of the molecule is CC(C(=O)O)C1=CC(CCC(N)c2ccccc2)OO1. The van der Waals surface area contributed by atoms with Gasteiger partial charge in [-0.3, -0.25) is 4.79 Å². The maximum Gasteiger partial charge on any atom is 0.314 e. The molecule has 0 aliphatic carbocycles. The molecule has 3 N–H and O–H groups in total. The molecule has 0 saturated heterocycles. The summed E-state index contributed by atoms with van der Waals surface area (Å²) < 4.78 is 0. The van der Waals surface area contributed by atoms with Gasteiger partial charge in [0.15, 0.2) is 5.76 Å². The Hall–Kier alpha value is -1.85. The van der Waals surface area contributed by atoms with E-state index >= 15 is 0 Å². The minimum Gasteiger partial charge on any atom is -0.481 e. The first-order valence-electron chi connectivity index (χ1n) is 6.66. The summed E-state index contributed by atoms with van der Waals surface area (Å²) in [5, 5.41) is 8.90. The molecule has 1 heterocycles. The minimum atomic E-state index is -0.929. The fraction of sp³-hybridized carbons (Fsp3) is 0.400. The predicted molar refractivity (Wildman–Crippen MR) is 73.4 cm³/mol. The van der Waals surface area contributed by atoms with E-state index in [9.17, 15) is 4.79 Å². The summed E-state index contributed by atoms with van der Waals surface area (Å²) in [6.45, 7) is 1.57. The zero-order valence-corrected chi connectivity index (χ0v) is 11.4. The first kappa shape index (κ1) is 14.6. The smallest absolute Gasteiger partial charge is 0.314 e. The van der Waals surface area contributed by atoms with Crippen LogP contribution in [0.3, 0.4) is 0 Å². The minimum absolute atomic E-state index is 0.0610. The normalized spacial score (nSPS) is 20.9. The Kier molecular flexibility index (Phi) is 4.76. The lowest BCUT2D eigenvalue weighted by atomic mass is 10.0. The van der Waals surface area contributed by atoms with Crippen molar-refractivity contribution in [1.82, 2.24) is 0 Å². The monoisotopic (exact) mass is 277 g/mol. The van der Waals surface area contributed by atoms with E-state index in [1.807, 2.05) is 30.3 Å². The van der Waals surface area contributed by atoms with Crippen LogP contribution in [-0.2, 0) is 14.6 Å². The first-order valence-corrected chi connectivity index (χ1v) is 6.66. The molecule has 2 rings (SSSR count). The number of aliphatic carboxylic acids is 1. The number of carboxylic acids is 1. The molecule has 0 aromatic heterocycles. The number of hydrogen-bond donors (Lipinski definition) is 2. The molecule has 0 amide bonds. The molecule has 3 atom stereocenters. The third-order valence-electron chi connectivity index (χ3n) is 3.41. The standard InChI is InChI=1S/C15H19NO4/c1-10(15(17)18)14-9-12(19-20-14)7-8-13(16)11-5-3-2-4-6-11/h2-6,9-10,12-13H,7-8,16H2,1H3,(H,17,18). The summed E-state index contributed by atoms with van der Waals surface area (Å²) in [6, 6.07) is 9.78. The summed E-state index contributed by atoms with van der Waals surface area (Å²) in [7, 11) is 0. The van der Waals surface area contributed by atoms with Crippen LogP contribution < -0.4 is 5.73 Å². The summed E-state index contributed by atoms with van der Waals surface area (Å²) in [5.74, 6) is -1.26. The highest BCUT2D eigenvalue weighted by atomic mass is 17.2. The van der Waals surface area contributed by atoms with Gasteiger partial charge in [-0.2, -0.15) is 4.89 Å². The van der Waals surface area contributed by atoms with Gasteiger partial charge in [0.2, 0.25) is 0 Å². The Morgan fingerprint density at radius 3 is 2.75 bits per heavy atom. The van der Waals surface area contributed by atoms with Gasteiger partial charge in [0, 0.05) is 6.04 Å². The van der Waals surface area contributed by atoms with Gasteiger partial charge in [-0.1, -0.05) is 30.3 Å². The summed E-state index contributed by atoms with van der Waals surface area (Å²) in [4.78, 5) is 20.9. The molecule has 1 aliphatic rings. The molecule has 0 fully saturated rings. The molecule has 0 spiro atoms. The van der Waals surface area contributed by atoms with Crippen molar-refractivity contribution < 1.29 is 19.7 Å². The molecular formula is C15H19NO4. The van der Waals surface area contributed by atoms with Gasteiger partial charge >= 0.3 is 5.97 Å². The van der Waals surface area contributed by atoms with Crippen molar-refractivity contribution in [3.8, 4) is 0 Å². The molecule has 0 saturated carbocycles. The molecule has 1 aromatic rings. The number of carbonyl (C=O) groups is 1. The Bertz CT molecular complexity index is 486. The third kappa shape index (κ3) is 3.59. The van der Waals surface area contributed by atoms with Crippen LogP contribution in [0.25, 0.3) is 0 Å². The molecule has 1 aromatic carbocycles. The molecule has 3 unspecified atom stereocenters. The van der Waals surface area contributed by atoms with E-state index in [0.29, 0.717) is 12.2 Å². The van der Waals surface area contributed by atoms with Crippen LogP contribution in [0.5, 0.6) is 0 Å². The lowest BCUT2D eigenvalue weighted by Crippen LogP contribution is -2.13. The van der Waals surface area contributed by atoms with E-state index in [4.69, 9.17) is 20.6 Å². The number of benzene rings is 1. The summed E-state index contributed by atoms with van der Waals surface area (Å²) in [6.07, 6.45) is 2.91. The lowest BCUT2D eigenvalue weighted by molar-refractivity contribution is -0.268. The van der Waals surface area contributed by atoms with E-state index < -0.39 is 11.9 Å². The Labute approximate surface area is 117 Å². The van der Waals surface area contributed by atoms with Gasteiger partial charge in [-0.25, -0.2) is 0 Å². The van der Waals surface area contributed by atoms with Crippen LogP contribution in [0.2, 0.25) is 0 Å². The topological polar surface area (TPSA) is 81.8 Å². The Balaban J connectivity index is 1.85.